The maximum absolute atomic E-state index is 14.2. The number of piperidine rings is 1. The highest BCUT2D eigenvalue weighted by molar-refractivity contribution is 7.92. The number of aromatic nitrogens is 3. The number of hydrogen-bond donors (Lipinski definition) is 6. The number of nitrogens with one attached hydrogen (secondary N) is 6. The molecule has 0 bridgehead atoms. The lowest BCUT2D eigenvalue weighted by Crippen LogP contribution is -2.45. The lowest BCUT2D eigenvalue weighted by atomic mass is 9.98. The van der Waals surface area contributed by atoms with Crippen LogP contribution in [0.4, 0.5) is 16.3 Å². The second-order valence-corrected chi connectivity index (χ2v) is 31.0. The van der Waals surface area contributed by atoms with Crippen LogP contribution in [0, 0.1) is 6.92 Å². The highest BCUT2D eigenvalue weighted by atomic mass is 35.5. The molecule has 2 atom stereocenters. The van der Waals surface area contributed by atoms with Crippen molar-refractivity contribution in [1.29, 1.82) is 0 Å². The molecular formula is C79H136ClN13O26S. The number of halogens is 1. The molecule has 0 spiro atoms. The summed E-state index contributed by atoms with van der Waals surface area (Å²) in [5.74, 6) is -0.0359. The number of sulfonamides is 1. The number of hydrazine groups is 2. The van der Waals surface area contributed by atoms with Crippen molar-refractivity contribution in [2.75, 3.05) is 326 Å². The molecular weight excluding hydrogens is 1610 g/mol. The van der Waals surface area contributed by atoms with E-state index in [0.717, 1.165) is 55.4 Å². The zero-order valence-electron chi connectivity index (χ0n) is 71.4. The minimum atomic E-state index is -3.67. The van der Waals surface area contributed by atoms with Crippen molar-refractivity contribution >= 4 is 62.6 Å². The molecule has 6 rings (SSSR count). The largest absolute Gasteiger partial charge is 0.444 e. The number of nitrogens with zero attached hydrogens (tertiary/aromatic N) is 7. The number of ether oxygens (including phenoxy) is 20. The smallest absolute Gasteiger partial charge is 0.410 e. The van der Waals surface area contributed by atoms with Crippen LogP contribution in [0.15, 0.2) is 42.4 Å². The Morgan fingerprint density at radius 3 is 1.52 bits per heavy atom. The van der Waals surface area contributed by atoms with E-state index < -0.39 is 15.6 Å². The lowest BCUT2D eigenvalue weighted by Gasteiger charge is -2.35. The Kier molecular flexibility index (Phi) is 54.5. The van der Waals surface area contributed by atoms with Crippen molar-refractivity contribution in [2.24, 2.45) is 0 Å². The van der Waals surface area contributed by atoms with Crippen molar-refractivity contribution in [3.8, 4) is 0 Å². The van der Waals surface area contributed by atoms with Gasteiger partial charge in [-0.3, -0.25) is 29.4 Å². The van der Waals surface area contributed by atoms with Crippen LogP contribution in [0.1, 0.15) is 87.0 Å². The zero-order valence-corrected chi connectivity index (χ0v) is 73.0. The average Bonchev–Trinajstić information content (AvgIpc) is 1.61. The normalized spacial score (nSPS) is 15.1. The second-order valence-electron chi connectivity index (χ2n) is 28.8. The van der Waals surface area contributed by atoms with E-state index in [1.807, 2.05) is 51.1 Å². The van der Waals surface area contributed by atoms with Gasteiger partial charge in [0.1, 0.15) is 11.4 Å². The van der Waals surface area contributed by atoms with Gasteiger partial charge < -0.3 is 125 Å². The molecule has 4 amide bonds. The van der Waals surface area contributed by atoms with Crippen LogP contribution in [0.3, 0.4) is 0 Å². The number of methoxy groups -OCH3 is 1. The van der Waals surface area contributed by atoms with Gasteiger partial charge in [0.25, 0.3) is 5.91 Å². The first-order chi connectivity index (χ1) is 58.4. The van der Waals surface area contributed by atoms with Crippen molar-refractivity contribution in [3.05, 3.63) is 64.2 Å². The van der Waals surface area contributed by atoms with E-state index in [-0.39, 0.29) is 60.2 Å². The third kappa shape index (κ3) is 47.1. The van der Waals surface area contributed by atoms with Crippen LogP contribution in [0.5, 0.6) is 0 Å². The van der Waals surface area contributed by atoms with Gasteiger partial charge in [-0.2, -0.15) is 5.10 Å². The van der Waals surface area contributed by atoms with Gasteiger partial charge in [0.05, 0.1) is 298 Å². The summed E-state index contributed by atoms with van der Waals surface area (Å²) in [7, 11) is -2.03. The molecule has 686 valence electrons. The number of carbonyl (C=O) groups is 4. The van der Waals surface area contributed by atoms with Crippen LogP contribution in [0.25, 0.3) is 5.65 Å². The third-order valence-corrected chi connectivity index (χ3v) is 18.7. The third-order valence-electron chi connectivity index (χ3n) is 17.8. The quantitative estimate of drug-likeness (QED) is 0.0442. The van der Waals surface area contributed by atoms with E-state index in [1.54, 1.807) is 27.6 Å². The summed E-state index contributed by atoms with van der Waals surface area (Å²) in [6.45, 7) is 27.7. The van der Waals surface area contributed by atoms with E-state index >= 15 is 0 Å². The molecule has 41 heteroatoms. The monoisotopic (exact) mass is 1750 g/mol. The summed E-state index contributed by atoms with van der Waals surface area (Å²) in [6, 6.07) is 5.96. The molecule has 5 heterocycles. The fourth-order valence-electron chi connectivity index (χ4n) is 12.1. The Labute approximate surface area is 712 Å². The van der Waals surface area contributed by atoms with Crippen LogP contribution >= 0.6 is 11.6 Å². The first-order valence-corrected chi connectivity index (χ1v) is 44.0. The number of aryl methyl sites for hydroxylation is 1. The van der Waals surface area contributed by atoms with Crippen LogP contribution in [0.2, 0.25) is 5.02 Å². The molecule has 3 aromatic rings. The molecule has 3 aliphatic heterocycles. The van der Waals surface area contributed by atoms with E-state index in [1.165, 1.54) is 12.1 Å². The van der Waals surface area contributed by atoms with E-state index in [9.17, 15) is 27.6 Å². The number of rotatable bonds is 74. The van der Waals surface area contributed by atoms with Gasteiger partial charge in [-0.15, -0.1) is 5.53 Å². The van der Waals surface area contributed by atoms with Crippen LogP contribution in [-0.4, -0.2) is 390 Å². The summed E-state index contributed by atoms with van der Waals surface area (Å²) < 4.78 is 139. The molecule has 120 heavy (non-hydrogen) atoms. The number of likely N-dealkylation sites (tertiary alicyclic amines) is 1. The minimum Gasteiger partial charge on any atom is -0.444 e. The summed E-state index contributed by atoms with van der Waals surface area (Å²) >= 11 is 6.32. The summed E-state index contributed by atoms with van der Waals surface area (Å²) in [5.41, 5.74) is 8.74. The Morgan fingerprint density at radius 1 is 0.575 bits per heavy atom. The number of amides is 4. The van der Waals surface area contributed by atoms with Crippen LogP contribution in [-0.2, 0) is 114 Å². The molecule has 39 nitrogen and oxygen atoms in total. The molecule has 2 saturated heterocycles. The van der Waals surface area contributed by atoms with Crippen molar-refractivity contribution in [3.63, 3.8) is 0 Å². The van der Waals surface area contributed by atoms with Crippen molar-refractivity contribution in [2.45, 2.75) is 83.9 Å². The number of anilines is 2. The van der Waals surface area contributed by atoms with Gasteiger partial charge in [0, 0.05) is 82.0 Å². The molecule has 1 aromatic carbocycles. The fraction of sp³-hybridized carbons (Fsp3) is 0.772. The minimum absolute atomic E-state index is 0.00912. The predicted octanol–water partition coefficient (Wildman–Crippen LogP) is 2.96. The van der Waals surface area contributed by atoms with Gasteiger partial charge in [-0.1, -0.05) is 11.6 Å². The number of unbranched alkanes of at least 4 members (excludes halogenated alkanes) is 1. The number of hydrogen-bond acceptors (Lipinski definition) is 33. The van der Waals surface area contributed by atoms with Gasteiger partial charge in [-0.25, -0.2) is 22.7 Å². The van der Waals surface area contributed by atoms with Crippen molar-refractivity contribution < 1.29 is 122 Å². The van der Waals surface area contributed by atoms with Gasteiger partial charge in [0.2, 0.25) is 21.8 Å². The zero-order chi connectivity index (χ0) is 85.8. The molecule has 6 N–H and O–H groups in total. The van der Waals surface area contributed by atoms with E-state index in [4.69, 9.17) is 116 Å². The van der Waals surface area contributed by atoms with Crippen LogP contribution < -0.4 is 36.5 Å². The average molecular weight is 1750 g/mol. The number of benzene rings is 1. The van der Waals surface area contributed by atoms with E-state index in [0.29, 0.717) is 313 Å². The predicted molar refractivity (Wildman–Crippen MR) is 445 cm³/mol. The highest BCUT2D eigenvalue weighted by Crippen LogP contribution is 2.35. The van der Waals surface area contributed by atoms with Gasteiger partial charge >= 0.3 is 6.09 Å². The number of fused-ring (bicyclic) bond motifs is 1. The molecule has 0 radical (unpaired) electrons. The first kappa shape index (κ1) is 103. The molecule has 0 aliphatic carbocycles. The second kappa shape index (κ2) is 63.7. The lowest BCUT2D eigenvalue weighted by molar-refractivity contribution is -0.121. The first-order valence-electron chi connectivity index (χ1n) is 41.7. The Morgan fingerprint density at radius 2 is 1.04 bits per heavy atom. The Hall–Kier alpha value is -6.14. The SMILES string of the molecule is COCCOCCOCCOCCOCCOCCOCCOCCOCCOCCOCCOCCNC(=O)CNCC(=O)NCCN1C=C(COCCOCCOCCOCCOCCOCCOCCCCN(C(=O)OC(C)(C)C)[C@H]2CCN(c3nc4cc([C@@H]5CCCCN5C(=O)c5cc(Cl)ccc5NS(C)(=O)=O)nn4cc3C)C2)NN1. The van der Waals surface area contributed by atoms with Gasteiger partial charge in [-0.05, 0) is 84.4 Å². The molecule has 3 aliphatic rings. The maximum Gasteiger partial charge on any atom is 0.410 e. The molecule has 2 aromatic heterocycles. The highest BCUT2D eigenvalue weighted by Gasteiger charge is 2.36. The summed E-state index contributed by atoms with van der Waals surface area (Å²) in [5, 5.41) is 15.4. The summed E-state index contributed by atoms with van der Waals surface area (Å²) in [4.78, 5) is 63.3. The topological polar surface area (TPSA) is 402 Å². The molecule has 2 fully saturated rings. The van der Waals surface area contributed by atoms with E-state index in [2.05, 4.69) is 36.5 Å². The van der Waals surface area contributed by atoms with Gasteiger partial charge in [0.15, 0.2) is 5.65 Å². The standard InChI is InChI=1S/C79H136ClN13O26S/c1-65-61-93-73(58-71(86-93)72-11-7-8-18-92(72)77(96)69-57-66(80)12-13-70(69)87-120(6,98)99)84-76(65)89-19-14-68(63-89)91(78(97)119-79(2,3)4)17-9-10-21-101-25-27-104-31-33-107-37-39-115-51-52-116-53-54-117-55-56-118-64-67-62-90(88-85-67)20-15-82-74(94)59-81-60-75(95)83-16-22-102-26-28-105-32-34-108-38-40-110-43-44-112-47-48-114-50-49-113-46-45-111-42-41-109-36-35-106-30-29-103-24-23-100-5/h12-13,57-58,61-62,68,72,81,85,87-88H,7-11,14-56,59-60,63-64H2,1-6H3,(H,82,94)(H,83,95)/t68-,72-/m0/s1. The fourth-order valence-corrected chi connectivity index (χ4v) is 12.8. The Balaban J connectivity index is 0.638. The Bertz CT molecular complexity index is 3400. The number of carbonyl (C=O) groups excluding carboxylic acids is 4. The van der Waals surface area contributed by atoms with Crippen molar-refractivity contribution in [1.82, 2.24) is 56.3 Å². The molecule has 0 unspecified atom stereocenters. The maximum atomic E-state index is 14.2. The summed E-state index contributed by atoms with van der Waals surface area (Å²) in [6.07, 6.45) is 9.02. The molecule has 0 saturated carbocycles.